The van der Waals surface area contributed by atoms with Gasteiger partial charge in [0.1, 0.15) is 0 Å². The third kappa shape index (κ3) is 3.85. The monoisotopic (exact) mass is 323 g/mol. The number of carboxylic acids is 1. The van der Waals surface area contributed by atoms with Gasteiger partial charge in [0.25, 0.3) is 0 Å². The zero-order chi connectivity index (χ0) is 16.9. The Labute approximate surface area is 143 Å². The molecule has 0 spiro atoms. The van der Waals surface area contributed by atoms with Crippen LogP contribution < -0.4 is 5.32 Å². The first kappa shape index (κ1) is 16.7. The molecule has 1 aliphatic carbocycles. The Morgan fingerprint density at radius 3 is 2.29 bits per heavy atom. The van der Waals surface area contributed by atoms with Crippen LogP contribution in [0.4, 0.5) is 0 Å². The van der Waals surface area contributed by atoms with Crippen LogP contribution in [-0.2, 0) is 11.3 Å². The molecule has 1 fully saturated rings. The van der Waals surface area contributed by atoms with Gasteiger partial charge < -0.3 is 10.4 Å². The summed E-state index contributed by atoms with van der Waals surface area (Å²) < 4.78 is 0. The molecule has 0 aliphatic heterocycles. The molecule has 3 heteroatoms. The normalized spacial score (nSPS) is 20.7. The first-order valence-electron chi connectivity index (χ1n) is 8.75. The minimum atomic E-state index is -0.640. The predicted molar refractivity (Wildman–Crippen MR) is 96.8 cm³/mol. The van der Waals surface area contributed by atoms with Gasteiger partial charge in [-0.25, -0.2) is 0 Å². The van der Waals surface area contributed by atoms with Crippen molar-refractivity contribution in [3.05, 3.63) is 59.7 Å². The largest absolute Gasteiger partial charge is 0.481 e. The van der Waals surface area contributed by atoms with Gasteiger partial charge in [-0.05, 0) is 54.9 Å². The number of hydrogen-bond donors (Lipinski definition) is 2. The van der Waals surface area contributed by atoms with E-state index in [4.69, 9.17) is 5.11 Å². The molecule has 0 heterocycles. The average molecular weight is 323 g/mol. The van der Waals surface area contributed by atoms with Gasteiger partial charge in [0.05, 0.1) is 5.92 Å². The third-order valence-corrected chi connectivity index (χ3v) is 5.11. The van der Waals surface area contributed by atoms with E-state index in [0.717, 1.165) is 32.2 Å². The van der Waals surface area contributed by atoms with Crippen LogP contribution >= 0.6 is 0 Å². The SMILES string of the molecule is Cc1ccccc1-c1ccccc1CNC1CCC(C(=O)O)CC1. The standard InChI is InChI=1S/C21H25NO2/c1-15-6-2-4-8-19(15)20-9-5-3-7-17(20)14-22-18-12-10-16(11-13-18)21(23)24/h2-9,16,18,22H,10-14H2,1H3,(H,23,24). The number of rotatable bonds is 5. The van der Waals surface area contributed by atoms with E-state index in [2.05, 4.69) is 60.8 Å². The number of nitrogens with one attached hydrogen (secondary N) is 1. The molecular formula is C21H25NO2. The summed E-state index contributed by atoms with van der Waals surface area (Å²) in [5.74, 6) is -0.791. The Balaban J connectivity index is 1.67. The van der Waals surface area contributed by atoms with Gasteiger partial charge in [0.2, 0.25) is 0 Å². The zero-order valence-corrected chi connectivity index (χ0v) is 14.2. The van der Waals surface area contributed by atoms with Crippen LogP contribution in [0.3, 0.4) is 0 Å². The van der Waals surface area contributed by atoms with Crippen molar-refractivity contribution < 1.29 is 9.90 Å². The van der Waals surface area contributed by atoms with Crippen LogP contribution in [-0.4, -0.2) is 17.1 Å². The van der Waals surface area contributed by atoms with E-state index in [0.29, 0.717) is 6.04 Å². The summed E-state index contributed by atoms with van der Waals surface area (Å²) in [4.78, 5) is 11.1. The highest BCUT2D eigenvalue weighted by atomic mass is 16.4. The first-order chi connectivity index (χ1) is 11.6. The van der Waals surface area contributed by atoms with E-state index in [1.807, 2.05) is 0 Å². The van der Waals surface area contributed by atoms with E-state index < -0.39 is 5.97 Å². The van der Waals surface area contributed by atoms with Crippen LogP contribution in [0, 0.1) is 12.8 Å². The summed E-state index contributed by atoms with van der Waals surface area (Å²) in [5, 5.41) is 12.7. The number of benzene rings is 2. The van der Waals surface area contributed by atoms with Crippen molar-refractivity contribution in [3.63, 3.8) is 0 Å². The average Bonchev–Trinajstić information content (AvgIpc) is 2.61. The van der Waals surface area contributed by atoms with E-state index in [1.54, 1.807) is 0 Å². The highest BCUT2D eigenvalue weighted by Gasteiger charge is 2.25. The lowest BCUT2D eigenvalue weighted by Gasteiger charge is -2.27. The molecule has 0 bridgehead atoms. The zero-order valence-electron chi connectivity index (χ0n) is 14.2. The second-order valence-corrected chi connectivity index (χ2v) is 6.74. The fourth-order valence-electron chi connectivity index (χ4n) is 3.61. The maximum absolute atomic E-state index is 11.1. The number of carbonyl (C=O) groups is 1. The summed E-state index contributed by atoms with van der Waals surface area (Å²) in [6.45, 7) is 2.97. The molecule has 1 aliphatic rings. The van der Waals surface area contributed by atoms with Crippen LogP contribution in [0.2, 0.25) is 0 Å². The molecule has 0 atom stereocenters. The summed E-state index contributed by atoms with van der Waals surface area (Å²) in [6.07, 6.45) is 3.46. The molecule has 0 aromatic heterocycles. The number of aryl methyl sites for hydroxylation is 1. The summed E-state index contributed by atoms with van der Waals surface area (Å²) >= 11 is 0. The third-order valence-electron chi connectivity index (χ3n) is 5.11. The molecule has 0 saturated heterocycles. The van der Waals surface area contributed by atoms with Gasteiger partial charge in [0.15, 0.2) is 0 Å². The highest BCUT2D eigenvalue weighted by Crippen LogP contribution is 2.28. The lowest BCUT2D eigenvalue weighted by molar-refractivity contribution is -0.142. The maximum atomic E-state index is 11.1. The lowest BCUT2D eigenvalue weighted by atomic mass is 9.86. The van der Waals surface area contributed by atoms with Crippen molar-refractivity contribution >= 4 is 5.97 Å². The smallest absolute Gasteiger partial charge is 0.306 e. The molecule has 1 saturated carbocycles. The number of hydrogen-bond acceptors (Lipinski definition) is 2. The Bertz CT molecular complexity index is 702. The Morgan fingerprint density at radius 1 is 1.00 bits per heavy atom. The molecule has 3 nitrogen and oxygen atoms in total. The molecular weight excluding hydrogens is 298 g/mol. The molecule has 2 aromatic carbocycles. The fourth-order valence-corrected chi connectivity index (χ4v) is 3.61. The minimum absolute atomic E-state index is 0.151. The van der Waals surface area contributed by atoms with Crippen LogP contribution in [0.25, 0.3) is 11.1 Å². The van der Waals surface area contributed by atoms with Crippen molar-refractivity contribution in [1.82, 2.24) is 5.32 Å². The summed E-state index contributed by atoms with van der Waals surface area (Å²) in [5.41, 5.74) is 5.14. The van der Waals surface area contributed by atoms with Crippen molar-refractivity contribution in [2.45, 2.75) is 45.2 Å². The van der Waals surface area contributed by atoms with Crippen molar-refractivity contribution in [1.29, 1.82) is 0 Å². The van der Waals surface area contributed by atoms with Gasteiger partial charge in [-0.1, -0.05) is 48.5 Å². The van der Waals surface area contributed by atoms with Gasteiger partial charge in [-0.15, -0.1) is 0 Å². The van der Waals surface area contributed by atoms with E-state index in [1.165, 1.54) is 22.3 Å². The Morgan fingerprint density at radius 2 is 1.62 bits per heavy atom. The molecule has 0 unspecified atom stereocenters. The lowest BCUT2D eigenvalue weighted by Crippen LogP contribution is -2.34. The maximum Gasteiger partial charge on any atom is 0.306 e. The molecule has 24 heavy (non-hydrogen) atoms. The second-order valence-electron chi connectivity index (χ2n) is 6.74. The molecule has 0 amide bonds. The van der Waals surface area contributed by atoms with Gasteiger partial charge in [-0.3, -0.25) is 4.79 Å². The van der Waals surface area contributed by atoms with E-state index >= 15 is 0 Å². The van der Waals surface area contributed by atoms with Gasteiger partial charge in [-0.2, -0.15) is 0 Å². The summed E-state index contributed by atoms with van der Waals surface area (Å²) in [7, 11) is 0. The van der Waals surface area contributed by atoms with Crippen molar-refractivity contribution in [2.24, 2.45) is 5.92 Å². The number of carboxylic acid groups (broad SMARTS) is 1. The molecule has 0 radical (unpaired) electrons. The number of aliphatic carboxylic acids is 1. The second kappa shape index (κ2) is 7.63. The molecule has 3 rings (SSSR count). The molecule has 126 valence electrons. The molecule has 2 N–H and O–H groups in total. The van der Waals surface area contributed by atoms with Crippen molar-refractivity contribution in [3.8, 4) is 11.1 Å². The Hall–Kier alpha value is -2.13. The van der Waals surface area contributed by atoms with Crippen molar-refractivity contribution in [2.75, 3.05) is 0 Å². The minimum Gasteiger partial charge on any atom is -0.481 e. The predicted octanol–water partition coefficient (Wildman–Crippen LogP) is 4.40. The summed E-state index contributed by atoms with van der Waals surface area (Å²) in [6, 6.07) is 17.4. The fraction of sp³-hybridized carbons (Fsp3) is 0.381. The Kier molecular flexibility index (Phi) is 5.31. The van der Waals surface area contributed by atoms with Crippen LogP contribution in [0.1, 0.15) is 36.8 Å². The van der Waals surface area contributed by atoms with E-state index in [-0.39, 0.29) is 5.92 Å². The van der Waals surface area contributed by atoms with Gasteiger partial charge in [0, 0.05) is 12.6 Å². The topological polar surface area (TPSA) is 49.3 Å². The highest BCUT2D eigenvalue weighted by molar-refractivity contribution is 5.70. The van der Waals surface area contributed by atoms with Crippen LogP contribution in [0.15, 0.2) is 48.5 Å². The quantitative estimate of drug-likeness (QED) is 0.857. The van der Waals surface area contributed by atoms with E-state index in [9.17, 15) is 4.79 Å². The van der Waals surface area contributed by atoms with Crippen LogP contribution in [0.5, 0.6) is 0 Å². The van der Waals surface area contributed by atoms with Gasteiger partial charge >= 0.3 is 5.97 Å². The first-order valence-corrected chi connectivity index (χ1v) is 8.75. The molecule has 2 aromatic rings.